The predicted molar refractivity (Wildman–Crippen MR) is 71.9 cm³/mol. The standard InChI is InChI=1S/C15H20N2O/c1-12(2)17(11-7-10-16)15(18)13(3)14-8-5-4-6-9-14/h4-6,8-9,12-13H,7,11H2,1-3H3. The maximum atomic E-state index is 12.4. The van der Waals surface area contributed by atoms with Crippen LogP contribution in [0.25, 0.3) is 0 Å². The zero-order valence-electron chi connectivity index (χ0n) is 11.3. The number of hydrogen-bond donors (Lipinski definition) is 0. The molecular formula is C15H20N2O. The van der Waals surface area contributed by atoms with Crippen molar-refractivity contribution in [1.29, 1.82) is 5.26 Å². The lowest BCUT2D eigenvalue weighted by molar-refractivity contribution is -0.134. The summed E-state index contributed by atoms with van der Waals surface area (Å²) < 4.78 is 0. The molecule has 0 saturated carbocycles. The highest BCUT2D eigenvalue weighted by atomic mass is 16.2. The summed E-state index contributed by atoms with van der Waals surface area (Å²) in [6, 6.07) is 12.0. The Morgan fingerprint density at radius 1 is 1.28 bits per heavy atom. The van der Waals surface area contributed by atoms with Crippen molar-refractivity contribution in [3.8, 4) is 6.07 Å². The molecular weight excluding hydrogens is 224 g/mol. The first-order chi connectivity index (χ1) is 8.57. The van der Waals surface area contributed by atoms with Crippen LogP contribution in [0.4, 0.5) is 0 Å². The summed E-state index contributed by atoms with van der Waals surface area (Å²) in [6.45, 7) is 6.38. The third kappa shape index (κ3) is 3.59. The van der Waals surface area contributed by atoms with Crippen LogP contribution >= 0.6 is 0 Å². The molecule has 1 aromatic carbocycles. The van der Waals surface area contributed by atoms with Crippen LogP contribution in [-0.2, 0) is 4.79 Å². The molecule has 3 heteroatoms. The third-order valence-corrected chi connectivity index (χ3v) is 3.04. The SMILES string of the molecule is CC(C(=O)N(CCC#N)C(C)C)c1ccccc1. The fraction of sp³-hybridized carbons (Fsp3) is 0.467. The molecule has 0 aliphatic rings. The molecule has 0 N–H and O–H groups in total. The van der Waals surface area contributed by atoms with E-state index in [2.05, 4.69) is 6.07 Å². The Balaban J connectivity index is 2.80. The van der Waals surface area contributed by atoms with Crippen LogP contribution in [0.1, 0.15) is 38.7 Å². The molecule has 1 aromatic rings. The number of hydrogen-bond acceptors (Lipinski definition) is 2. The van der Waals surface area contributed by atoms with Gasteiger partial charge in [-0.15, -0.1) is 0 Å². The van der Waals surface area contributed by atoms with Crippen molar-refractivity contribution in [2.75, 3.05) is 6.54 Å². The molecule has 18 heavy (non-hydrogen) atoms. The van der Waals surface area contributed by atoms with Crippen LogP contribution in [0.3, 0.4) is 0 Å². The molecule has 1 unspecified atom stereocenters. The number of rotatable bonds is 5. The first-order valence-corrected chi connectivity index (χ1v) is 6.30. The van der Waals surface area contributed by atoms with Crippen molar-refractivity contribution in [1.82, 2.24) is 4.90 Å². The summed E-state index contributed by atoms with van der Waals surface area (Å²) in [7, 11) is 0. The van der Waals surface area contributed by atoms with Gasteiger partial charge in [0.2, 0.25) is 5.91 Å². The van der Waals surface area contributed by atoms with Crippen molar-refractivity contribution in [3.63, 3.8) is 0 Å². The van der Waals surface area contributed by atoms with Gasteiger partial charge in [-0.1, -0.05) is 30.3 Å². The largest absolute Gasteiger partial charge is 0.339 e. The van der Waals surface area contributed by atoms with Gasteiger partial charge in [0.05, 0.1) is 18.4 Å². The molecule has 0 aliphatic heterocycles. The molecule has 0 heterocycles. The van der Waals surface area contributed by atoms with Gasteiger partial charge >= 0.3 is 0 Å². The maximum Gasteiger partial charge on any atom is 0.230 e. The summed E-state index contributed by atoms with van der Waals surface area (Å²) in [6.07, 6.45) is 0.380. The highest BCUT2D eigenvalue weighted by molar-refractivity contribution is 5.83. The van der Waals surface area contributed by atoms with E-state index in [0.29, 0.717) is 13.0 Å². The van der Waals surface area contributed by atoms with Gasteiger partial charge in [-0.2, -0.15) is 5.26 Å². The summed E-state index contributed by atoms with van der Waals surface area (Å²) in [5.41, 5.74) is 1.02. The van der Waals surface area contributed by atoms with Gasteiger partial charge in [-0.3, -0.25) is 4.79 Å². The fourth-order valence-electron chi connectivity index (χ4n) is 1.93. The van der Waals surface area contributed by atoms with Crippen molar-refractivity contribution < 1.29 is 4.79 Å². The summed E-state index contributed by atoms with van der Waals surface area (Å²) >= 11 is 0. The Hall–Kier alpha value is -1.82. The number of carbonyl (C=O) groups excluding carboxylic acids is 1. The van der Waals surface area contributed by atoms with Crippen LogP contribution in [0, 0.1) is 11.3 Å². The van der Waals surface area contributed by atoms with Crippen LogP contribution in [0.2, 0.25) is 0 Å². The van der Waals surface area contributed by atoms with Crippen molar-refractivity contribution >= 4 is 5.91 Å². The number of carbonyl (C=O) groups is 1. The van der Waals surface area contributed by atoms with E-state index < -0.39 is 0 Å². The molecule has 0 aliphatic carbocycles. The number of benzene rings is 1. The van der Waals surface area contributed by atoms with E-state index in [1.54, 1.807) is 4.90 Å². The average Bonchev–Trinajstić information content (AvgIpc) is 2.38. The van der Waals surface area contributed by atoms with Crippen LogP contribution in [-0.4, -0.2) is 23.4 Å². The van der Waals surface area contributed by atoms with Gasteiger partial charge in [0.15, 0.2) is 0 Å². The lowest BCUT2D eigenvalue weighted by Crippen LogP contribution is -2.40. The zero-order chi connectivity index (χ0) is 13.5. The summed E-state index contributed by atoms with van der Waals surface area (Å²) in [5.74, 6) is -0.0706. The molecule has 0 bridgehead atoms. The first kappa shape index (κ1) is 14.2. The highest BCUT2D eigenvalue weighted by Crippen LogP contribution is 2.19. The van der Waals surface area contributed by atoms with Crippen molar-refractivity contribution in [3.05, 3.63) is 35.9 Å². The lowest BCUT2D eigenvalue weighted by Gasteiger charge is -2.29. The van der Waals surface area contributed by atoms with Crippen molar-refractivity contribution in [2.45, 2.75) is 39.2 Å². The van der Waals surface area contributed by atoms with E-state index in [1.807, 2.05) is 51.1 Å². The molecule has 0 fully saturated rings. The van der Waals surface area contributed by atoms with Gasteiger partial charge in [0.25, 0.3) is 0 Å². The maximum absolute atomic E-state index is 12.4. The third-order valence-electron chi connectivity index (χ3n) is 3.04. The summed E-state index contributed by atoms with van der Waals surface area (Å²) in [4.78, 5) is 14.2. The molecule has 0 spiro atoms. The topological polar surface area (TPSA) is 44.1 Å². The minimum absolute atomic E-state index is 0.0893. The Morgan fingerprint density at radius 2 is 1.89 bits per heavy atom. The van der Waals surface area contributed by atoms with Crippen LogP contribution in [0.15, 0.2) is 30.3 Å². The quantitative estimate of drug-likeness (QED) is 0.799. The molecule has 1 amide bonds. The highest BCUT2D eigenvalue weighted by Gasteiger charge is 2.23. The van der Waals surface area contributed by atoms with E-state index in [4.69, 9.17) is 5.26 Å². The Labute approximate surface area is 109 Å². The Bertz CT molecular complexity index is 420. The smallest absolute Gasteiger partial charge is 0.230 e. The fourth-order valence-corrected chi connectivity index (χ4v) is 1.93. The van der Waals surface area contributed by atoms with Gasteiger partial charge < -0.3 is 4.90 Å². The second kappa shape index (κ2) is 6.80. The molecule has 0 saturated heterocycles. The van der Waals surface area contributed by atoms with Crippen LogP contribution < -0.4 is 0 Å². The van der Waals surface area contributed by atoms with E-state index in [0.717, 1.165) is 5.56 Å². The van der Waals surface area contributed by atoms with Gasteiger partial charge in [-0.25, -0.2) is 0 Å². The molecule has 1 rings (SSSR count). The van der Waals surface area contributed by atoms with Gasteiger partial charge in [0.1, 0.15) is 0 Å². The van der Waals surface area contributed by atoms with Crippen molar-refractivity contribution in [2.24, 2.45) is 0 Å². The summed E-state index contributed by atoms with van der Waals surface area (Å²) in [5, 5.41) is 8.65. The Kier molecular flexibility index (Phi) is 5.38. The number of nitrogens with zero attached hydrogens (tertiary/aromatic N) is 2. The molecule has 1 atom stereocenters. The number of nitriles is 1. The minimum atomic E-state index is -0.160. The van der Waals surface area contributed by atoms with E-state index in [-0.39, 0.29) is 17.9 Å². The van der Waals surface area contributed by atoms with E-state index >= 15 is 0 Å². The predicted octanol–water partition coefficient (Wildman–Crippen LogP) is 2.94. The van der Waals surface area contributed by atoms with Gasteiger partial charge in [0, 0.05) is 12.6 Å². The van der Waals surface area contributed by atoms with E-state index in [1.165, 1.54) is 0 Å². The molecule has 3 nitrogen and oxygen atoms in total. The van der Waals surface area contributed by atoms with Crippen LogP contribution in [0.5, 0.6) is 0 Å². The number of amides is 1. The average molecular weight is 244 g/mol. The minimum Gasteiger partial charge on any atom is -0.339 e. The Morgan fingerprint density at radius 3 is 2.39 bits per heavy atom. The second-order valence-corrected chi connectivity index (χ2v) is 4.67. The first-order valence-electron chi connectivity index (χ1n) is 6.30. The molecule has 0 radical (unpaired) electrons. The lowest BCUT2D eigenvalue weighted by atomic mass is 9.99. The normalized spacial score (nSPS) is 11.9. The van der Waals surface area contributed by atoms with Gasteiger partial charge in [-0.05, 0) is 26.3 Å². The monoisotopic (exact) mass is 244 g/mol. The molecule has 96 valence electrons. The second-order valence-electron chi connectivity index (χ2n) is 4.67. The van der Waals surface area contributed by atoms with E-state index in [9.17, 15) is 4.79 Å². The molecule has 0 aromatic heterocycles. The zero-order valence-corrected chi connectivity index (χ0v) is 11.3.